The summed E-state index contributed by atoms with van der Waals surface area (Å²) < 4.78 is 25.5. The SMILES string of the molecule is CC(C)C[C@H](C#N)NC(=O)CN(C)S(=O)(=O)c1ccccc1. The standard InChI is InChI=1S/C15H21N3O3S/c1-12(2)9-13(10-16)17-15(19)11-18(3)22(20,21)14-7-5-4-6-8-14/h4-8,12-13H,9,11H2,1-3H3,(H,17,19)/t13-/m1/s1. The number of amides is 1. The first-order chi connectivity index (χ1) is 10.3. The molecule has 1 aromatic rings. The second-order valence-corrected chi connectivity index (χ2v) is 7.50. The van der Waals surface area contributed by atoms with Crippen molar-refractivity contribution in [2.45, 2.75) is 31.2 Å². The van der Waals surface area contributed by atoms with Crippen LogP contribution in [0, 0.1) is 17.2 Å². The van der Waals surface area contributed by atoms with Crippen LogP contribution in [0.5, 0.6) is 0 Å². The lowest BCUT2D eigenvalue weighted by Crippen LogP contribution is -2.42. The molecule has 1 N–H and O–H groups in total. The Balaban J connectivity index is 2.70. The fourth-order valence-electron chi connectivity index (χ4n) is 1.91. The van der Waals surface area contributed by atoms with Gasteiger partial charge in [0.25, 0.3) is 0 Å². The minimum atomic E-state index is -3.71. The molecule has 1 atom stereocenters. The molecule has 0 aliphatic rings. The lowest BCUT2D eigenvalue weighted by Gasteiger charge is -2.19. The zero-order chi connectivity index (χ0) is 16.8. The zero-order valence-electron chi connectivity index (χ0n) is 13.0. The Hall–Kier alpha value is -1.91. The van der Waals surface area contributed by atoms with E-state index in [0.29, 0.717) is 6.42 Å². The largest absolute Gasteiger partial charge is 0.339 e. The number of sulfonamides is 1. The molecular formula is C15H21N3O3S. The van der Waals surface area contributed by atoms with E-state index in [9.17, 15) is 13.2 Å². The molecule has 6 nitrogen and oxygen atoms in total. The van der Waals surface area contributed by atoms with E-state index in [1.807, 2.05) is 19.9 Å². The number of nitrogens with zero attached hydrogens (tertiary/aromatic N) is 2. The number of likely N-dealkylation sites (N-methyl/N-ethyl adjacent to an activating group) is 1. The van der Waals surface area contributed by atoms with Gasteiger partial charge >= 0.3 is 0 Å². The topological polar surface area (TPSA) is 90.3 Å². The van der Waals surface area contributed by atoms with Crippen molar-refractivity contribution in [1.29, 1.82) is 5.26 Å². The average Bonchev–Trinajstić information content (AvgIpc) is 2.46. The summed E-state index contributed by atoms with van der Waals surface area (Å²) in [5, 5.41) is 11.5. The van der Waals surface area contributed by atoms with Gasteiger partial charge in [-0.25, -0.2) is 8.42 Å². The maximum absolute atomic E-state index is 12.3. The van der Waals surface area contributed by atoms with E-state index < -0.39 is 22.0 Å². The van der Waals surface area contributed by atoms with Gasteiger partial charge in [-0.1, -0.05) is 32.0 Å². The van der Waals surface area contributed by atoms with Gasteiger partial charge in [0, 0.05) is 7.05 Å². The van der Waals surface area contributed by atoms with E-state index in [1.54, 1.807) is 18.2 Å². The van der Waals surface area contributed by atoms with Crippen molar-refractivity contribution in [2.24, 2.45) is 5.92 Å². The molecule has 0 bridgehead atoms. The van der Waals surface area contributed by atoms with E-state index in [4.69, 9.17) is 5.26 Å². The van der Waals surface area contributed by atoms with Crippen LogP contribution in [0.25, 0.3) is 0 Å². The van der Waals surface area contributed by atoms with E-state index in [2.05, 4.69) is 5.32 Å². The summed E-state index contributed by atoms with van der Waals surface area (Å²) >= 11 is 0. The van der Waals surface area contributed by atoms with Crippen molar-refractivity contribution in [2.75, 3.05) is 13.6 Å². The summed E-state index contributed by atoms with van der Waals surface area (Å²) in [5.74, 6) is -0.232. The Labute approximate surface area is 131 Å². The lowest BCUT2D eigenvalue weighted by atomic mass is 10.1. The first kappa shape index (κ1) is 18.1. The smallest absolute Gasteiger partial charge is 0.243 e. The number of carbonyl (C=O) groups is 1. The highest BCUT2D eigenvalue weighted by Crippen LogP contribution is 2.13. The predicted molar refractivity (Wildman–Crippen MR) is 83.3 cm³/mol. The van der Waals surface area contributed by atoms with Crippen LogP contribution in [0.1, 0.15) is 20.3 Å². The van der Waals surface area contributed by atoms with Crippen molar-refractivity contribution in [3.63, 3.8) is 0 Å². The molecule has 0 saturated heterocycles. The number of nitrogens with one attached hydrogen (secondary N) is 1. The van der Waals surface area contributed by atoms with Crippen molar-refractivity contribution in [3.05, 3.63) is 30.3 Å². The number of hydrogen-bond acceptors (Lipinski definition) is 4. The third-order valence-electron chi connectivity index (χ3n) is 3.02. The molecular weight excluding hydrogens is 302 g/mol. The lowest BCUT2D eigenvalue weighted by molar-refractivity contribution is -0.121. The van der Waals surface area contributed by atoms with Crippen molar-refractivity contribution in [1.82, 2.24) is 9.62 Å². The van der Waals surface area contributed by atoms with E-state index in [1.165, 1.54) is 19.2 Å². The van der Waals surface area contributed by atoms with Crippen LogP contribution in [-0.2, 0) is 14.8 Å². The van der Waals surface area contributed by atoms with Gasteiger partial charge in [0.1, 0.15) is 6.04 Å². The van der Waals surface area contributed by atoms with Crippen LogP contribution in [0.15, 0.2) is 35.2 Å². The molecule has 0 radical (unpaired) electrons. The van der Waals surface area contributed by atoms with Crippen LogP contribution >= 0.6 is 0 Å². The summed E-state index contributed by atoms with van der Waals surface area (Å²) in [5.41, 5.74) is 0. The molecule has 7 heteroatoms. The Kier molecular flexibility index (Phi) is 6.53. The van der Waals surface area contributed by atoms with Gasteiger partial charge in [-0.05, 0) is 24.5 Å². The van der Waals surface area contributed by atoms with E-state index in [0.717, 1.165) is 4.31 Å². The summed E-state index contributed by atoms with van der Waals surface area (Å²) in [6, 6.07) is 9.30. The van der Waals surface area contributed by atoms with Gasteiger partial charge in [-0.2, -0.15) is 9.57 Å². The first-order valence-corrected chi connectivity index (χ1v) is 8.41. The van der Waals surface area contributed by atoms with Gasteiger partial charge in [-0.15, -0.1) is 0 Å². The molecule has 0 spiro atoms. The molecule has 1 amide bonds. The summed E-state index contributed by atoms with van der Waals surface area (Å²) in [6.45, 7) is 3.57. The number of nitriles is 1. The second-order valence-electron chi connectivity index (χ2n) is 5.45. The van der Waals surface area contributed by atoms with Gasteiger partial charge < -0.3 is 5.32 Å². The zero-order valence-corrected chi connectivity index (χ0v) is 13.8. The fraction of sp³-hybridized carbons (Fsp3) is 0.467. The highest BCUT2D eigenvalue weighted by atomic mass is 32.2. The van der Waals surface area contributed by atoms with Crippen LogP contribution in [0.4, 0.5) is 0 Å². The first-order valence-electron chi connectivity index (χ1n) is 6.97. The van der Waals surface area contributed by atoms with Crippen LogP contribution in [0.2, 0.25) is 0 Å². The van der Waals surface area contributed by atoms with Gasteiger partial charge in [0.2, 0.25) is 15.9 Å². The van der Waals surface area contributed by atoms with Gasteiger partial charge in [0.15, 0.2) is 0 Å². The quantitative estimate of drug-likeness (QED) is 0.820. The number of rotatable bonds is 7. The van der Waals surface area contributed by atoms with Crippen molar-refractivity contribution >= 4 is 15.9 Å². The molecule has 0 heterocycles. The van der Waals surface area contributed by atoms with Crippen LogP contribution in [-0.4, -0.2) is 38.3 Å². The van der Waals surface area contributed by atoms with E-state index >= 15 is 0 Å². The maximum atomic E-state index is 12.3. The van der Waals surface area contributed by atoms with Crippen LogP contribution < -0.4 is 5.32 Å². The number of carbonyl (C=O) groups excluding carboxylic acids is 1. The molecule has 0 aliphatic heterocycles. The van der Waals surface area contributed by atoms with Gasteiger partial charge in [-0.3, -0.25) is 4.79 Å². The van der Waals surface area contributed by atoms with Crippen molar-refractivity contribution in [3.8, 4) is 6.07 Å². The Morgan fingerprint density at radius 2 is 1.91 bits per heavy atom. The van der Waals surface area contributed by atoms with Gasteiger partial charge in [0.05, 0.1) is 17.5 Å². The predicted octanol–water partition coefficient (Wildman–Crippen LogP) is 1.36. The van der Waals surface area contributed by atoms with Crippen molar-refractivity contribution < 1.29 is 13.2 Å². The molecule has 0 saturated carbocycles. The molecule has 22 heavy (non-hydrogen) atoms. The maximum Gasteiger partial charge on any atom is 0.243 e. The van der Waals surface area contributed by atoms with E-state index in [-0.39, 0.29) is 17.4 Å². The fourth-order valence-corrected chi connectivity index (χ4v) is 3.06. The normalized spacial score (nSPS) is 12.9. The minimum Gasteiger partial charge on any atom is -0.339 e. The monoisotopic (exact) mass is 323 g/mol. The average molecular weight is 323 g/mol. The number of benzene rings is 1. The molecule has 120 valence electrons. The summed E-state index contributed by atoms with van der Waals surface area (Å²) in [7, 11) is -2.37. The highest BCUT2D eigenvalue weighted by Gasteiger charge is 2.23. The molecule has 0 unspecified atom stereocenters. The Bertz CT molecular complexity index is 636. The molecule has 1 rings (SSSR count). The minimum absolute atomic E-state index is 0.129. The Morgan fingerprint density at radius 1 is 1.32 bits per heavy atom. The molecule has 0 aliphatic carbocycles. The summed E-state index contributed by atoms with van der Waals surface area (Å²) in [6.07, 6.45) is 0.525. The third kappa shape index (κ3) is 5.13. The summed E-state index contributed by atoms with van der Waals surface area (Å²) in [4.78, 5) is 12.0. The highest BCUT2D eigenvalue weighted by molar-refractivity contribution is 7.89. The second kappa shape index (κ2) is 7.92. The molecule has 0 aromatic heterocycles. The third-order valence-corrected chi connectivity index (χ3v) is 4.83. The van der Waals surface area contributed by atoms with Crippen LogP contribution in [0.3, 0.4) is 0 Å². The Morgan fingerprint density at radius 3 is 2.41 bits per heavy atom. The number of hydrogen-bond donors (Lipinski definition) is 1. The molecule has 0 fully saturated rings. The molecule has 1 aromatic carbocycles.